The van der Waals surface area contributed by atoms with Gasteiger partial charge >= 0.3 is 12.0 Å². The van der Waals surface area contributed by atoms with Crippen molar-refractivity contribution in [2.75, 3.05) is 13.7 Å². The molecule has 0 saturated heterocycles. The van der Waals surface area contributed by atoms with Crippen molar-refractivity contribution in [1.82, 2.24) is 20.0 Å². The number of esters is 1. The summed E-state index contributed by atoms with van der Waals surface area (Å²) in [6.45, 7) is -0.572. The van der Waals surface area contributed by atoms with E-state index in [1.807, 2.05) is 11.4 Å². The zero-order valence-corrected chi connectivity index (χ0v) is 12.8. The van der Waals surface area contributed by atoms with Crippen molar-refractivity contribution in [3.63, 3.8) is 0 Å². The maximum absolute atomic E-state index is 11.6. The second-order valence-electron chi connectivity index (χ2n) is 4.29. The van der Waals surface area contributed by atoms with Gasteiger partial charge in [0.2, 0.25) is 0 Å². The summed E-state index contributed by atoms with van der Waals surface area (Å²) in [5.74, 6) is -1.49. The van der Waals surface area contributed by atoms with Gasteiger partial charge in [0.15, 0.2) is 11.8 Å². The summed E-state index contributed by atoms with van der Waals surface area (Å²) in [6.07, 6.45) is 4.30. The molecule has 2 aromatic rings. The number of carbonyl (C=O) groups excluding carboxylic acids is 3. The highest BCUT2D eigenvalue weighted by atomic mass is 35.5. The molecule has 0 aliphatic rings. The molecule has 0 unspecified atom stereocenters. The molecule has 8 nitrogen and oxygen atoms in total. The van der Waals surface area contributed by atoms with E-state index in [-0.39, 0.29) is 5.15 Å². The minimum absolute atomic E-state index is 0.234. The lowest BCUT2D eigenvalue weighted by Crippen LogP contribution is -2.39. The molecule has 3 amide bonds. The molecule has 2 aromatic heterocycles. The van der Waals surface area contributed by atoms with E-state index in [1.54, 1.807) is 22.7 Å². The number of imidazole rings is 1. The van der Waals surface area contributed by atoms with Crippen LogP contribution in [0.1, 0.15) is 5.69 Å². The van der Waals surface area contributed by atoms with Crippen molar-refractivity contribution in [1.29, 1.82) is 0 Å². The summed E-state index contributed by atoms with van der Waals surface area (Å²) in [7, 11) is 1.36. The van der Waals surface area contributed by atoms with Gasteiger partial charge in [-0.2, -0.15) is 0 Å². The number of ether oxygens (including phenoxy) is 1. The summed E-state index contributed by atoms with van der Waals surface area (Å²) >= 11 is 6.01. The predicted molar refractivity (Wildman–Crippen MR) is 82.8 cm³/mol. The van der Waals surface area contributed by atoms with Gasteiger partial charge in [-0.05, 0) is 18.2 Å². The van der Waals surface area contributed by atoms with Crippen LogP contribution in [0.3, 0.4) is 0 Å². The predicted octanol–water partition coefficient (Wildman–Crippen LogP) is 1.000. The van der Waals surface area contributed by atoms with E-state index in [0.29, 0.717) is 11.3 Å². The number of pyridine rings is 1. The van der Waals surface area contributed by atoms with Crippen molar-refractivity contribution >= 4 is 41.2 Å². The molecule has 0 saturated carbocycles. The summed E-state index contributed by atoms with van der Waals surface area (Å²) in [5, 5.41) is 4.40. The third-order valence-corrected chi connectivity index (χ3v) is 3.00. The molecule has 2 N–H and O–H groups in total. The van der Waals surface area contributed by atoms with E-state index >= 15 is 0 Å². The van der Waals surface area contributed by atoms with Crippen LogP contribution >= 0.6 is 11.6 Å². The Labute approximate surface area is 136 Å². The molecule has 0 atom stereocenters. The van der Waals surface area contributed by atoms with Gasteiger partial charge in [-0.3, -0.25) is 14.5 Å². The largest absolute Gasteiger partial charge is 0.452 e. The summed E-state index contributed by atoms with van der Waals surface area (Å²) in [4.78, 5) is 37.9. The van der Waals surface area contributed by atoms with Crippen molar-refractivity contribution in [2.24, 2.45) is 0 Å². The number of rotatable bonds is 4. The SMILES string of the molecule is CNC(=O)NC(=O)COC(=O)/C=C/c1c(Cl)nc2ccccn12. The average molecular weight is 337 g/mol. The van der Waals surface area contributed by atoms with Gasteiger partial charge in [0.05, 0.1) is 5.69 Å². The molecule has 2 heterocycles. The van der Waals surface area contributed by atoms with Crippen LogP contribution in [0.2, 0.25) is 5.15 Å². The maximum atomic E-state index is 11.6. The zero-order valence-electron chi connectivity index (χ0n) is 12.1. The van der Waals surface area contributed by atoms with E-state index in [4.69, 9.17) is 16.3 Å². The Hall–Kier alpha value is -2.87. The lowest BCUT2D eigenvalue weighted by molar-refractivity contribution is -0.143. The molecule has 0 spiro atoms. The number of carbonyl (C=O) groups is 3. The Balaban J connectivity index is 1.97. The minimum Gasteiger partial charge on any atom is -0.452 e. The number of halogens is 1. The van der Waals surface area contributed by atoms with Gasteiger partial charge in [0.1, 0.15) is 5.65 Å². The average Bonchev–Trinajstić information content (AvgIpc) is 2.86. The van der Waals surface area contributed by atoms with Crippen LogP contribution in [0.5, 0.6) is 0 Å². The van der Waals surface area contributed by atoms with Crippen LogP contribution in [0, 0.1) is 0 Å². The van der Waals surface area contributed by atoms with Crippen molar-refractivity contribution < 1.29 is 19.1 Å². The second kappa shape index (κ2) is 7.41. The number of urea groups is 1. The highest BCUT2D eigenvalue weighted by Gasteiger charge is 2.10. The third kappa shape index (κ3) is 4.30. The van der Waals surface area contributed by atoms with Gasteiger partial charge in [-0.25, -0.2) is 14.6 Å². The number of aromatic nitrogens is 2. The molecule has 0 fully saturated rings. The number of amides is 3. The first kappa shape index (κ1) is 16.5. The van der Waals surface area contributed by atoms with Crippen LogP contribution in [0.15, 0.2) is 30.5 Å². The first-order chi connectivity index (χ1) is 11.0. The Morgan fingerprint density at radius 2 is 2.17 bits per heavy atom. The van der Waals surface area contributed by atoms with Crippen molar-refractivity contribution in [2.45, 2.75) is 0 Å². The fraction of sp³-hybridized carbons (Fsp3) is 0.143. The summed E-state index contributed by atoms with van der Waals surface area (Å²) in [6, 6.07) is 4.69. The molecule has 120 valence electrons. The number of fused-ring (bicyclic) bond motifs is 1. The lowest BCUT2D eigenvalue weighted by Gasteiger charge is -2.03. The molecule has 0 radical (unpaired) electrons. The van der Waals surface area contributed by atoms with Crippen LogP contribution in [0.4, 0.5) is 4.79 Å². The fourth-order valence-electron chi connectivity index (χ4n) is 1.69. The smallest absolute Gasteiger partial charge is 0.331 e. The van der Waals surface area contributed by atoms with Gasteiger partial charge in [0.25, 0.3) is 5.91 Å². The summed E-state index contributed by atoms with van der Waals surface area (Å²) < 4.78 is 6.41. The molecule has 0 bridgehead atoms. The van der Waals surface area contributed by atoms with Crippen molar-refractivity contribution in [3.8, 4) is 0 Å². The fourth-order valence-corrected chi connectivity index (χ4v) is 1.93. The Bertz CT molecular complexity index is 784. The van der Waals surface area contributed by atoms with Crippen LogP contribution in [0.25, 0.3) is 11.7 Å². The molecule has 0 aromatic carbocycles. The Kier molecular flexibility index (Phi) is 5.32. The monoisotopic (exact) mass is 336 g/mol. The van der Waals surface area contributed by atoms with Crippen molar-refractivity contribution in [3.05, 3.63) is 41.3 Å². The topological polar surface area (TPSA) is 102 Å². The number of nitrogens with zero attached hydrogens (tertiary/aromatic N) is 2. The van der Waals surface area contributed by atoms with Crippen LogP contribution in [-0.2, 0) is 14.3 Å². The van der Waals surface area contributed by atoms with Gasteiger partial charge < -0.3 is 10.1 Å². The van der Waals surface area contributed by atoms with E-state index in [0.717, 1.165) is 6.08 Å². The standard InChI is InChI=1S/C14H13ClN4O4/c1-16-14(22)18-11(20)8-23-12(21)6-5-9-13(15)17-10-4-2-3-7-19(9)10/h2-7H,8H2,1H3,(H2,16,18,20,22)/b6-5+. The molecule has 23 heavy (non-hydrogen) atoms. The Morgan fingerprint density at radius 3 is 2.91 bits per heavy atom. The highest BCUT2D eigenvalue weighted by Crippen LogP contribution is 2.18. The van der Waals surface area contributed by atoms with Crippen LogP contribution < -0.4 is 10.6 Å². The number of imide groups is 1. The van der Waals surface area contributed by atoms with Gasteiger partial charge in [-0.1, -0.05) is 17.7 Å². The van der Waals surface area contributed by atoms with E-state index in [9.17, 15) is 14.4 Å². The van der Waals surface area contributed by atoms with E-state index in [2.05, 4.69) is 10.3 Å². The quantitative estimate of drug-likeness (QED) is 0.640. The first-order valence-electron chi connectivity index (χ1n) is 6.50. The lowest BCUT2D eigenvalue weighted by atomic mass is 10.4. The first-order valence-corrected chi connectivity index (χ1v) is 6.88. The summed E-state index contributed by atoms with van der Waals surface area (Å²) in [5.41, 5.74) is 1.14. The minimum atomic E-state index is -0.751. The number of nitrogens with one attached hydrogen (secondary N) is 2. The Morgan fingerprint density at radius 1 is 1.39 bits per heavy atom. The molecular weight excluding hydrogens is 324 g/mol. The molecule has 2 rings (SSSR count). The molecule has 0 aliphatic heterocycles. The number of hydrogen-bond donors (Lipinski definition) is 2. The third-order valence-electron chi connectivity index (χ3n) is 2.72. The zero-order chi connectivity index (χ0) is 16.8. The molecule has 0 aliphatic carbocycles. The number of hydrogen-bond acceptors (Lipinski definition) is 5. The van der Waals surface area contributed by atoms with Gasteiger partial charge in [-0.15, -0.1) is 0 Å². The second-order valence-corrected chi connectivity index (χ2v) is 4.64. The van der Waals surface area contributed by atoms with Gasteiger partial charge in [0, 0.05) is 19.3 Å². The van der Waals surface area contributed by atoms with Crippen LogP contribution in [-0.4, -0.2) is 40.9 Å². The molecular formula is C14H13ClN4O4. The van der Waals surface area contributed by atoms with E-state index < -0.39 is 24.5 Å². The molecule has 9 heteroatoms. The normalized spacial score (nSPS) is 10.7. The van der Waals surface area contributed by atoms with E-state index in [1.165, 1.54) is 13.1 Å². The highest BCUT2D eigenvalue weighted by molar-refractivity contribution is 6.31. The maximum Gasteiger partial charge on any atom is 0.331 e.